The highest BCUT2D eigenvalue weighted by molar-refractivity contribution is 6.32. The highest BCUT2D eigenvalue weighted by atomic mass is 35.5. The summed E-state index contributed by atoms with van der Waals surface area (Å²) >= 11 is 5.84. The summed E-state index contributed by atoms with van der Waals surface area (Å²) in [6, 6.07) is 4.75. The first-order valence-corrected chi connectivity index (χ1v) is 5.95. The number of halogens is 2. The average Bonchev–Trinajstić information content (AvgIpc) is 2.74. The van der Waals surface area contributed by atoms with Gasteiger partial charge in [0.2, 0.25) is 0 Å². The molecule has 1 aliphatic heterocycles. The Balaban J connectivity index is 1.80. The van der Waals surface area contributed by atoms with Crippen LogP contribution in [0.3, 0.4) is 0 Å². The molecule has 88 valence electrons. The molecule has 1 fully saturated rings. The predicted molar refractivity (Wildman–Crippen MR) is 62.5 cm³/mol. The van der Waals surface area contributed by atoms with Crippen molar-refractivity contribution in [2.75, 3.05) is 13.2 Å². The van der Waals surface area contributed by atoms with Gasteiger partial charge in [0.15, 0.2) is 0 Å². The van der Waals surface area contributed by atoms with E-state index in [1.165, 1.54) is 25.0 Å². The minimum absolute atomic E-state index is 0.333. The first-order chi connectivity index (χ1) is 7.75. The molecule has 1 aromatic rings. The highest BCUT2D eigenvalue weighted by Crippen LogP contribution is 2.25. The normalized spacial score (nSPS) is 20.0. The van der Waals surface area contributed by atoms with Crippen LogP contribution in [0.5, 0.6) is 5.75 Å². The van der Waals surface area contributed by atoms with Crippen molar-refractivity contribution in [3.05, 3.63) is 29.0 Å². The van der Waals surface area contributed by atoms with Crippen molar-refractivity contribution in [1.29, 1.82) is 0 Å². The Morgan fingerprint density at radius 2 is 2.38 bits per heavy atom. The highest BCUT2D eigenvalue weighted by Gasteiger charge is 2.13. The summed E-state index contributed by atoms with van der Waals surface area (Å²) < 4.78 is 18.3. The molecule has 1 unspecified atom stereocenters. The summed E-state index contributed by atoms with van der Waals surface area (Å²) in [5.41, 5.74) is 0. The molecular weight excluding hydrogens is 229 g/mol. The number of hydrogen-bond donors (Lipinski definition) is 1. The fourth-order valence-corrected chi connectivity index (χ4v) is 2.13. The third-order valence-electron chi connectivity index (χ3n) is 2.78. The standard InChI is InChI=1S/C12H15ClFNO/c13-11-8-9(14)3-4-12(11)16-7-5-10-2-1-6-15-10/h3-4,8,10,15H,1-2,5-7H2. The van der Waals surface area contributed by atoms with E-state index in [0.29, 0.717) is 23.4 Å². The molecule has 0 bridgehead atoms. The monoisotopic (exact) mass is 243 g/mol. The van der Waals surface area contributed by atoms with Crippen LogP contribution in [0.25, 0.3) is 0 Å². The molecule has 0 radical (unpaired) electrons. The minimum Gasteiger partial charge on any atom is -0.492 e. The second-order valence-corrected chi connectivity index (χ2v) is 4.41. The minimum atomic E-state index is -0.338. The molecule has 0 aliphatic carbocycles. The van der Waals surface area contributed by atoms with Gasteiger partial charge in [-0.25, -0.2) is 4.39 Å². The van der Waals surface area contributed by atoms with E-state index in [0.717, 1.165) is 13.0 Å². The molecule has 0 spiro atoms. The van der Waals surface area contributed by atoms with Crippen molar-refractivity contribution in [3.8, 4) is 5.75 Å². The first kappa shape index (κ1) is 11.7. The Kier molecular flexibility index (Phi) is 4.02. The van der Waals surface area contributed by atoms with Gasteiger partial charge in [-0.2, -0.15) is 0 Å². The zero-order valence-electron chi connectivity index (χ0n) is 9.01. The van der Waals surface area contributed by atoms with Gasteiger partial charge in [-0.15, -0.1) is 0 Å². The van der Waals surface area contributed by atoms with Crippen LogP contribution in [0, 0.1) is 5.82 Å². The molecule has 1 saturated heterocycles. The lowest BCUT2D eigenvalue weighted by atomic mass is 10.2. The Hall–Kier alpha value is -0.800. The van der Waals surface area contributed by atoms with E-state index >= 15 is 0 Å². The topological polar surface area (TPSA) is 21.3 Å². The molecule has 0 saturated carbocycles. The van der Waals surface area contributed by atoms with Gasteiger partial charge < -0.3 is 10.1 Å². The van der Waals surface area contributed by atoms with Crippen molar-refractivity contribution in [2.24, 2.45) is 0 Å². The van der Waals surface area contributed by atoms with Crippen molar-refractivity contribution < 1.29 is 9.13 Å². The van der Waals surface area contributed by atoms with Crippen LogP contribution in [0.4, 0.5) is 4.39 Å². The molecule has 1 heterocycles. The van der Waals surface area contributed by atoms with Crippen molar-refractivity contribution in [2.45, 2.75) is 25.3 Å². The van der Waals surface area contributed by atoms with Gasteiger partial charge in [0.25, 0.3) is 0 Å². The van der Waals surface area contributed by atoms with Crippen LogP contribution in [-0.2, 0) is 0 Å². The third kappa shape index (κ3) is 3.09. The smallest absolute Gasteiger partial charge is 0.138 e. The van der Waals surface area contributed by atoms with Gasteiger partial charge in [0.05, 0.1) is 11.6 Å². The summed E-state index contributed by atoms with van der Waals surface area (Å²) in [6.45, 7) is 1.71. The molecule has 1 aliphatic rings. The largest absolute Gasteiger partial charge is 0.492 e. The molecule has 2 rings (SSSR count). The summed E-state index contributed by atoms with van der Waals surface area (Å²) in [5.74, 6) is 0.218. The maximum atomic E-state index is 12.8. The Morgan fingerprint density at radius 3 is 3.06 bits per heavy atom. The quantitative estimate of drug-likeness (QED) is 0.878. The van der Waals surface area contributed by atoms with Crippen LogP contribution in [0.15, 0.2) is 18.2 Å². The average molecular weight is 244 g/mol. The SMILES string of the molecule is Fc1ccc(OCCC2CCCN2)c(Cl)c1. The third-order valence-corrected chi connectivity index (χ3v) is 3.08. The van der Waals surface area contributed by atoms with Gasteiger partial charge in [-0.3, -0.25) is 0 Å². The van der Waals surface area contributed by atoms with Gasteiger partial charge in [-0.1, -0.05) is 11.6 Å². The Labute approximate surface area is 99.7 Å². The number of nitrogens with one attached hydrogen (secondary N) is 1. The van der Waals surface area contributed by atoms with Crippen molar-refractivity contribution >= 4 is 11.6 Å². The van der Waals surface area contributed by atoms with E-state index in [1.807, 2.05) is 0 Å². The number of hydrogen-bond acceptors (Lipinski definition) is 2. The number of benzene rings is 1. The van der Waals surface area contributed by atoms with Crippen LogP contribution in [0.1, 0.15) is 19.3 Å². The van der Waals surface area contributed by atoms with Crippen molar-refractivity contribution in [1.82, 2.24) is 5.32 Å². The summed E-state index contributed by atoms with van der Waals surface area (Å²) in [5, 5.41) is 3.73. The van der Waals surface area contributed by atoms with E-state index in [4.69, 9.17) is 16.3 Å². The fraction of sp³-hybridized carbons (Fsp3) is 0.500. The van der Waals surface area contributed by atoms with Crippen LogP contribution in [-0.4, -0.2) is 19.2 Å². The lowest BCUT2D eigenvalue weighted by Crippen LogP contribution is -2.23. The number of ether oxygens (including phenoxy) is 1. The lowest BCUT2D eigenvalue weighted by molar-refractivity contribution is 0.292. The van der Waals surface area contributed by atoms with E-state index in [9.17, 15) is 4.39 Å². The molecule has 16 heavy (non-hydrogen) atoms. The summed E-state index contributed by atoms with van der Waals surface area (Å²) in [4.78, 5) is 0. The van der Waals surface area contributed by atoms with Gasteiger partial charge in [-0.05, 0) is 44.0 Å². The Bertz CT molecular complexity index is 353. The molecule has 1 N–H and O–H groups in total. The molecule has 0 aromatic heterocycles. The van der Waals surface area contributed by atoms with Crippen molar-refractivity contribution in [3.63, 3.8) is 0 Å². The predicted octanol–water partition coefficient (Wildman–Crippen LogP) is 3.00. The van der Waals surface area contributed by atoms with Crippen LogP contribution in [0.2, 0.25) is 5.02 Å². The lowest BCUT2D eigenvalue weighted by Gasteiger charge is -2.12. The molecule has 0 amide bonds. The van der Waals surface area contributed by atoms with Gasteiger partial charge in [0, 0.05) is 6.04 Å². The van der Waals surface area contributed by atoms with E-state index < -0.39 is 0 Å². The van der Waals surface area contributed by atoms with Crippen LogP contribution >= 0.6 is 11.6 Å². The maximum absolute atomic E-state index is 12.8. The summed E-state index contributed by atoms with van der Waals surface area (Å²) in [7, 11) is 0. The zero-order valence-corrected chi connectivity index (χ0v) is 9.77. The fourth-order valence-electron chi connectivity index (χ4n) is 1.91. The molecule has 4 heteroatoms. The maximum Gasteiger partial charge on any atom is 0.138 e. The van der Waals surface area contributed by atoms with Crippen LogP contribution < -0.4 is 10.1 Å². The Morgan fingerprint density at radius 1 is 1.50 bits per heavy atom. The van der Waals surface area contributed by atoms with E-state index in [2.05, 4.69) is 5.32 Å². The number of rotatable bonds is 4. The van der Waals surface area contributed by atoms with Gasteiger partial charge >= 0.3 is 0 Å². The first-order valence-electron chi connectivity index (χ1n) is 5.57. The van der Waals surface area contributed by atoms with Gasteiger partial charge in [0.1, 0.15) is 11.6 Å². The second-order valence-electron chi connectivity index (χ2n) is 4.01. The second kappa shape index (κ2) is 5.51. The molecule has 2 nitrogen and oxygen atoms in total. The molecule has 1 atom stereocenters. The zero-order chi connectivity index (χ0) is 11.4. The van der Waals surface area contributed by atoms with E-state index in [1.54, 1.807) is 6.07 Å². The summed E-state index contributed by atoms with van der Waals surface area (Å²) in [6.07, 6.45) is 3.41. The van der Waals surface area contributed by atoms with E-state index in [-0.39, 0.29) is 5.82 Å². The molecule has 1 aromatic carbocycles. The molecular formula is C12H15ClFNO.